The third-order valence-electron chi connectivity index (χ3n) is 3.17. The van der Waals surface area contributed by atoms with E-state index in [2.05, 4.69) is 4.90 Å². The van der Waals surface area contributed by atoms with E-state index in [0.29, 0.717) is 5.56 Å². The number of amides is 1. The van der Waals surface area contributed by atoms with Gasteiger partial charge in [0.25, 0.3) is 5.91 Å². The third kappa shape index (κ3) is 6.66. The van der Waals surface area contributed by atoms with Crippen LogP contribution in [0.5, 0.6) is 0 Å². The molecule has 6 nitrogen and oxygen atoms in total. The molecule has 1 aromatic rings. The fourth-order valence-corrected chi connectivity index (χ4v) is 2.03. The summed E-state index contributed by atoms with van der Waals surface area (Å²) >= 11 is 0. The molecule has 3 N–H and O–H groups in total. The number of nitrogens with one attached hydrogen (secondary N) is 1. The van der Waals surface area contributed by atoms with E-state index in [1.54, 1.807) is 17.6 Å². The van der Waals surface area contributed by atoms with Crippen LogP contribution in [0.1, 0.15) is 28.8 Å². The van der Waals surface area contributed by atoms with Crippen molar-refractivity contribution >= 4 is 11.9 Å². The summed E-state index contributed by atoms with van der Waals surface area (Å²) in [6.07, 6.45) is -2.52. The number of hydrogen-bond donors (Lipinski definition) is 3. The number of alkyl halides is 3. The minimum atomic E-state index is -5.08. The molecular formula is C14H17F3N2O4. The molecule has 2 rings (SSSR count). The van der Waals surface area contributed by atoms with Crippen LogP contribution in [-0.2, 0) is 11.3 Å². The Morgan fingerprint density at radius 1 is 1.13 bits per heavy atom. The van der Waals surface area contributed by atoms with E-state index in [-0.39, 0.29) is 0 Å². The van der Waals surface area contributed by atoms with Crippen molar-refractivity contribution in [3.63, 3.8) is 0 Å². The Morgan fingerprint density at radius 3 is 2.00 bits per heavy atom. The minimum Gasteiger partial charge on any atom is -0.475 e. The zero-order valence-electron chi connectivity index (χ0n) is 12.1. The molecule has 0 bridgehead atoms. The van der Waals surface area contributed by atoms with Crippen LogP contribution >= 0.6 is 0 Å². The third-order valence-corrected chi connectivity index (χ3v) is 3.17. The Kier molecular flexibility index (Phi) is 6.98. The highest BCUT2D eigenvalue weighted by molar-refractivity contribution is 5.93. The summed E-state index contributed by atoms with van der Waals surface area (Å²) in [7, 11) is 0. The predicted molar refractivity (Wildman–Crippen MR) is 73.9 cm³/mol. The van der Waals surface area contributed by atoms with Crippen molar-refractivity contribution in [3.8, 4) is 0 Å². The molecule has 1 saturated heterocycles. The summed E-state index contributed by atoms with van der Waals surface area (Å²) in [6, 6.07) is 7.33. The van der Waals surface area contributed by atoms with E-state index >= 15 is 0 Å². The molecule has 1 heterocycles. The fourth-order valence-electron chi connectivity index (χ4n) is 2.03. The minimum absolute atomic E-state index is 0.465. The molecule has 0 aromatic heterocycles. The zero-order valence-corrected chi connectivity index (χ0v) is 12.1. The van der Waals surface area contributed by atoms with Gasteiger partial charge in [0.2, 0.25) is 0 Å². The van der Waals surface area contributed by atoms with E-state index in [0.717, 1.165) is 6.54 Å². The molecule has 23 heavy (non-hydrogen) atoms. The molecule has 0 spiro atoms. The van der Waals surface area contributed by atoms with Crippen molar-refractivity contribution in [2.45, 2.75) is 25.6 Å². The summed E-state index contributed by atoms with van der Waals surface area (Å²) in [4.78, 5) is 22.4. The van der Waals surface area contributed by atoms with Gasteiger partial charge in [-0.3, -0.25) is 14.9 Å². The summed E-state index contributed by atoms with van der Waals surface area (Å²) in [6.45, 7) is 3.28. The number of carboxylic acid groups (broad SMARTS) is 1. The number of carboxylic acids is 1. The molecule has 0 saturated carbocycles. The average Bonchev–Trinajstić information content (AvgIpc) is 3.00. The van der Waals surface area contributed by atoms with E-state index in [4.69, 9.17) is 15.1 Å². The van der Waals surface area contributed by atoms with Crippen molar-refractivity contribution < 1.29 is 33.1 Å². The zero-order chi connectivity index (χ0) is 17.5. The molecule has 1 aliphatic heterocycles. The molecule has 0 radical (unpaired) electrons. The largest absolute Gasteiger partial charge is 0.490 e. The average molecular weight is 334 g/mol. The monoisotopic (exact) mass is 334 g/mol. The molecule has 0 atom stereocenters. The van der Waals surface area contributed by atoms with E-state index < -0.39 is 18.1 Å². The molecule has 0 unspecified atom stereocenters. The summed E-state index contributed by atoms with van der Waals surface area (Å²) in [5.41, 5.74) is 3.31. The molecule has 9 heteroatoms. The van der Waals surface area contributed by atoms with Gasteiger partial charge in [-0.25, -0.2) is 10.3 Å². The number of hydrogen-bond acceptors (Lipinski definition) is 4. The van der Waals surface area contributed by atoms with Gasteiger partial charge in [0.15, 0.2) is 0 Å². The van der Waals surface area contributed by atoms with E-state index in [9.17, 15) is 18.0 Å². The maximum Gasteiger partial charge on any atom is 0.490 e. The quantitative estimate of drug-likeness (QED) is 0.581. The van der Waals surface area contributed by atoms with Gasteiger partial charge < -0.3 is 5.11 Å². The number of hydroxylamine groups is 1. The Morgan fingerprint density at radius 2 is 1.61 bits per heavy atom. The molecule has 0 aliphatic carbocycles. The van der Waals surface area contributed by atoms with E-state index in [1.165, 1.54) is 31.5 Å². The van der Waals surface area contributed by atoms with Crippen molar-refractivity contribution in [1.82, 2.24) is 10.4 Å². The van der Waals surface area contributed by atoms with Gasteiger partial charge >= 0.3 is 12.1 Å². The first kappa shape index (κ1) is 18.9. The smallest absolute Gasteiger partial charge is 0.475 e. The van der Waals surface area contributed by atoms with Crippen LogP contribution in [0.4, 0.5) is 13.2 Å². The van der Waals surface area contributed by atoms with Crippen LogP contribution in [0.15, 0.2) is 24.3 Å². The SMILES string of the molecule is O=C(NO)c1ccc(CN2CCCC2)cc1.O=C(O)C(F)(F)F. The number of aliphatic carboxylic acids is 1. The maximum atomic E-state index is 11.1. The Balaban J connectivity index is 0.000000322. The number of rotatable bonds is 3. The van der Waals surface area contributed by atoms with Crippen molar-refractivity contribution in [2.24, 2.45) is 0 Å². The number of benzene rings is 1. The second kappa shape index (κ2) is 8.49. The lowest BCUT2D eigenvalue weighted by Crippen LogP contribution is -2.21. The molecule has 1 aliphatic rings. The van der Waals surface area contributed by atoms with Gasteiger partial charge in [-0.1, -0.05) is 12.1 Å². The van der Waals surface area contributed by atoms with Crippen molar-refractivity contribution in [3.05, 3.63) is 35.4 Å². The first-order chi connectivity index (χ1) is 10.7. The van der Waals surface area contributed by atoms with Gasteiger partial charge in [0.1, 0.15) is 0 Å². The molecule has 1 amide bonds. The summed E-state index contributed by atoms with van der Waals surface area (Å²) in [5.74, 6) is -3.22. The second-order valence-electron chi connectivity index (χ2n) is 4.92. The van der Waals surface area contributed by atoms with Crippen LogP contribution in [0.25, 0.3) is 0 Å². The molecule has 128 valence electrons. The van der Waals surface area contributed by atoms with Gasteiger partial charge in [-0.05, 0) is 43.6 Å². The fraction of sp³-hybridized carbons (Fsp3) is 0.429. The first-order valence-corrected chi connectivity index (χ1v) is 6.80. The number of carbonyl (C=O) groups is 2. The maximum absolute atomic E-state index is 11.1. The van der Waals surface area contributed by atoms with E-state index in [1.807, 2.05) is 12.1 Å². The normalized spacial score (nSPS) is 14.8. The number of likely N-dealkylation sites (tertiary alicyclic amines) is 1. The standard InChI is InChI=1S/C12H16N2O2.C2HF3O2/c15-12(13-16)11-5-3-10(4-6-11)9-14-7-1-2-8-14;3-2(4,5)1(6)7/h3-6,16H,1-2,7-9H2,(H,13,15);(H,6,7). The van der Waals surface area contributed by atoms with Crippen LogP contribution < -0.4 is 5.48 Å². The van der Waals surface area contributed by atoms with Crippen LogP contribution in [-0.4, -0.2) is 46.4 Å². The highest BCUT2D eigenvalue weighted by Gasteiger charge is 2.38. The molecular weight excluding hydrogens is 317 g/mol. The van der Waals surface area contributed by atoms with Gasteiger partial charge in [-0.15, -0.1) is 0 Å². The van der Waals surface area contributed by atoms with Crippen molar-refractivity contribution in [1.29, 1.82) is 0 Å². The van der Waals surface area contributed by atoms with Crippen LogP contribution in [0.2, 0.25) is 0 Å². The number of carbonyl (C=O) groups excluding carboxylic acids is 1. The Labute approximate surface area is 130 Å². The highest BCUT2D eigenvalue weighted by Crippen LogP contribution is 2.14. The molecule has 1 fully saturated rings. The summed E-state index contributed by atoms with van der Waals surface area (Å²) in [5, 5.41) is 15.6. The van der Waals surface area contributed by atoms with Gasteiger partial charge in [-0.2, -0.15) is 13.2 Å². The number of halogens is 3. The summed E-state index contributed by atoms with van der Waals surface area (Å²) < 4.78 is 31.7. The molecule has 1 aromatic carbocycles. The Bertz CT molecular complexity index is 526. The van der Waals surface area contributed by atoms with Crippen molar-refractivity contribution in [2.75, 3.05) is 13.1 Å². The Hall–Kier alpha value is -2.13. The topological polar surface area (TPSA) is 89.9 Å². The van der Waals surface area contributed by atoms with Crippen LogP contribution in [0, 0.1) is 0 Å². The van der Waals surface area contributed by atoms with Gasteiger partial charge in [0, 0.05) is 12.1 Å². The second-order valence-corrected chi connectivity index (χ2v) is 4.92. The first-order valence-electron chi connectivity index (χ1n) is 6.80. The lowest BCUT2D eigenvalue weighted by molar-refractivity contribution is -0.192. The lowest BCUT2D eigenvalue weighted by atomic mass is 10.1. The predicted octanol–water partition coefficient (Wildman–Crippen LogP) is 2.03. The lowest BCUT2D eigenvalue weighted by Gasteiger charge is -2.14. The number of nitrogens with zero attached hydrogens (tertiary/aromatic N) is 1. The van der Waals surface area contributed by atoms with Crippen LogP contribution in [0.3, 0.4) is 0 Å². The van der Waals surface area contributed by atoms with Gasteiger partial charge in [0.05, 0.1) is 0 Å². The highest BCUT2D eigenvalue weighted by atomic mass is 19.4.